The Morgan fingerprint density at radius 2 is 2.36 bits per heavy atom. The smallest absolute Gasteiger partial charge is 0.0220 e. The summed E-state index contributed by atoms with van der Waals surface area (Å²) in [5, 5.41) is 3.53. The summed E-state index contributed by atoms with van der Waals surface area (Å²) in [6.07, 6.45) is 1.35. The quantitative estimate of drug-likeness (QED) is 0.663. The van der Waals surface area contributed by atoms with Crippen LogP contribution in [0.2, 0.25) is 0 Å². The maximum absolute atomic E-state index is 3.53. The van der Waals surface area contributed by atoms with E-state index >= 15 is 0 Å². The average Bonchev–Trinajstić information content (AvgIpc) is 2.37. The van der Waals surface area contributed by atoms with Crippen LogP contribution in [-0.4, -0.2) is 37.6 Å². The van der Waals surface area contributed by atoms with Crippen LogP contribution in [0, 0.1) is 5.92 Å². The van der Waals surface area contributed by atoms with Gasteiger partial charge in [-0.05, 0) is 32.5 Å². The first-order valence-electron chi connectivity index (χ1n) is 4.66. The van der Waals surface area contributed by atoms with Gasteiger partial charge in [0.2, 0.25) is 0 Å². The molecular formula is C9H22N2. The highest BCUT2D eigenvalue weighted by Crippen LogP contribution is 2.14. The topological polar surface area (TPSA) is 15.3 Å². The second-order valence-corrected chi connectivity index (χ2v) is 3.68. The molecule has 0 saturated carbocycles. The van der Waals surface area contributed by atoms with Gasteiger partial charge in [-0.2, -0.15) is 0 Å². The SMILES string of the molecule is CCN(C)CC1NCCC1C.[HH]. The predicted octanol–water partition coefficient (Wildman–Crippen LogP) is 1.18. The molecule has 2 unspecified atom stereocenters. The van der Waals surface area contributed by atoms with Gasteiger partial charge >= 0.3 is 0 Å². The molecular weight excluding hydrogens is 136 g/mol. The van der Waals surface area contributed by atoms with Gasteiger partial charge in [0.15, 0.2) is 0 Å². The van der Waals surface area contributed by atoms with E-state index in [4.69, 9.17) is 0 Å². The van der Waals surface area contributed by atoms with E-state index in [2.05, 4.69) is 31.1 Å². The van der Waals surface area contributed by atoms with Gasteiger partial charge in [0, 0.05) is 14.0 Å². The molecule has 68 valence electrons. The van der Waals surface area contributed by atoms with Crippen molar-refractivity contribution in [3.05, 3.63) is 0 Å². The number of likely N-dealkylation sites (N-methyl/N-ethyl adjacent to an activating group) is 1. The fourth-order valence-corrected chi connectivity index (χ4v) is 1.61. The zero-order chi connectivity index (χ0) is 8.27. The lowest BCUT2D eigenvalue weighted by molar-refractivity contribution is 0.289. The normalized spacial score (nSPS) is 31.6. The minimum absolute atomic E-state index is 0. The largest absolute Gasteiger partial charge is 0.312 e. The van der Waals surface area contributed by atoms with Crippen molar-refractivity contribution < 1.29 is 1.43 Å². The lowest BCUT2D eigenvalue weighted by Gasteiger charge is -2.22. The lowest BCUT2D eigenvalue weighted by atomic mass is 10.0. The molecule has 2 nitrogen and oxygen atoms in total. The summed E-state index contributed by atoms with van der Waals surface area (Å²) < 4.78 is 0. The van der Waals surface area contributed by atoms with Crippen LogP contribution in [0.3, 0.4) is 0 Å². The molecule has 2 atom stereocenters. The molecule has 1 aliphatic rings. The molecule has 11 heavy (non-hydrogen) atoms. The Labute approximate surface area is 71.4 Å². The van der Waals surface area contributed by atoms with Gasteiger partial charge in [0.25, 0.3) is 0 Å². The maximum atomic E-state index is 3.53. The van der Waals surface area contributed by atoms with Crippen LogP contribution in [0.25, 0.3) is 0 Å². The molecule has 2 heteroatoms. The lowest BCUT2D eigenvalue weighted by Crippen LogP contribution is -2.38. The summed E-state index contributed by atoms with van der Waals surface area (Å²) in [5.41, 5.74) is 0. The standard InChI is InChI=1S/C9H20N2.H2/c1-4-11(3)7-9-8(2)5-6-10-9;/h8-10H,4-7H2,1-3H3;1H. The maximum Gasteiger partial charge on any atom is 0.0220 e. The Hall–Kier alpha value is -0.0800. The third-order valence-corrected chi connectivity index (χ3v) is 2.74. The second kappa shape index (κ2) is 4.07. The van der Waals surface area contributed by atoms with Crippen LogP contribution < -0.4 is 5.32 Å². The Morgan fingerprint density at radius 1 is 1.64 bits per heavy atom. The summed E-state index contributed by atoms with van der Waals surface area (Å²) in [6.45, 7) is 8.12. The number of rotatable bonds is 3. The third-order valence-electron chi connectivity index (χ3n) is 2.74. The van der Waals surface area contributed by atoms with E-state index in [0.717, 1.165) is 18.5 Å². The van der Waals surface area contributed by atoms with E-state index in [0.29, 0.717) is 0 Å². The van der Waals surface area contributed by atoms with Crippen molar-refractivity contribution in [1.29, 1.82) is 0 Å². The molecule has 1 N–H and O–H groups in total. The van der Waals surface area contributed by atoms with E-state index in [-0.39, 0.29) is 1.43 Å². The van der Waals surface area contributed by atoms with Gasteiger partial charge in [-0.25, -0.2) is 0 Å². The average molecular weight is 158 g/mol. The minimum atomic E-state index is 0. The molecule has 1 saturated heterocycles. The zero-order valence-electron chi connectivity index (χ0n) is 7.93. The fourth-order valence-electron chi connectivity index (χ4n) is 1.61. The van der Waals surface area contributed by atoms with Crippen molar-refractivity contribution in [3.8, 4) is 0 Å². The molecule has 1 rings (SSSR count). The van der Waals surface area contributed by atoms with Crippen LogP contribution in [-0.2, 0) is 0 Å². The zero-order valence-corrected chi connectivity index (χ0v) is 7.93. The van der Waals surface area contributed by atoms with Gasteiger partial charge in [0.05, 0.1) is 0 Å². The molecule has 0 aliphatic carbocycles. The van der Waals surface area contributed by atoms with Crippen molar-refractivity contribution in [1.82, 2.24) is 10.2 Å². The van der Waals surface area contributed by atoms with Gasteiger partial charge in [-0.15, -0.1) is 0 Å². The van der Waals surface area contributed by atoms with E-state index in [1.807, 2.05) is 0 Å². The number of nitrogens with zero attached hydrogens (tertiary/aromatic N) is 1. The molecule has 0 spiro atoms. The molecule has 0 radical (unpaired) electrons. The number of nitrogens with one attached hydrogen (secondary N) is 1. The van der Waals surface area contributed by atoms with Gasteiger partial charge in [-0.3, -0.25) is 0 Å². The minimum Gasteiger partial charge on any atom is -0.312 e. The summed E-state index contributed by atoms with van der Waals surface area (Å²) in [5.74, 6) is 0.865. The fraction of sp³-hybridized carbons (Fsp3) is 1.00. The molecule has 0 aromatic rings. The summed E-state index contributed by atoms with van der Waals surface area (Å²) in [4.78, 5) is 2.37. The third kappa shape index (κ3) is 2.46. The highest BCUT2D eigenvalue weighted by Gasteiger charge is 2.22. The number of hydrogen-bond acceptors (Lipinski definition) is 2. The van der Waals surface area contributed by atoms with E-state index < -0.39 is 0 Å². The predicted molar refractivity (Wildman–Crippen MR) is 50.9 cm³/mol. The van der Waals surface area contributed by atoms with Gasteiger partial charge < -0.3 is 10.2 Å². The van der Waals surface area contributed by atoms with Crippen molar-refractivity contribution in [2.24, 2.45) is 5.92 Å². The van der Waals surface area contributed by atoms with Crippen molar-refractivity contribution in [2.45, 2.75) is 26.3 Å². The highest BCUT2D eigenvalue weighted by atomic mass is 15.1. The molecule has 0 amide bonds. The summed E-state index contributed by atoms with van der Waals surface area (Å²) in [6, 6.07) is 0.736. The summed E-state index contributed by atoms with van der Waals surface area (Å²) >= 11 is 0. The van der Waals surface area contributed by atoms with Crippen LogP contribution in [0.4, 0.5) is 0 Å². The Kier molecular flexibility index (Phi) is 3.34. The van der Waals surface area contributed by atoms with Crippen molar-refractivity contribution in [3.63, 3.8) is 0 Å². The highest BCUT2D eigenvalue weighted by molar-refractivity contribution is 4.82. The first-order chi connectivity index (χ1) is 5.24. The Bertz CT molecular complexity index is 119. The van der Waals surface area contributed by atoms with Crippen LogP contribution >= 0.6 is 0 Å². The van der Waals surface area contributed by atoms with Crippen LogP contribution in [0.15, 0.2) is 0 Å². The molecule has 1 aliphatic heterocycles. The van der Waals surface area contributed by atoms with Crippen LogP contribution in [0.1, 0.15) is 21.7 Å². The number of hydrogen-bond donors (Lipinski definition) is 1. The van der Waals surface area contributed by atoms with Crippen LogP contribution in [0.5, 0.6) is 0 Å². The van der Waals surface area contributed by atoms with Crippen molar-refractivity contribution >= 4 is 0 Å². The van der Waals surface area contributed by atoms with Crippen molar-refractivity contribution in [2.75, 3.05) is 26.7 Å². The Balaban J connectivity index is 0.00000121. The molecule has 1 fully saturated rings. The monoisotopic (exact) mass is 158 g/mol. The van der Waals surface area contributed by atoms with E-state index in [9.17, 15) is 0 Å². The molecule has 0 bridgehead atoms. The molecule has 1 heterocycles. The summed E-state index contributed by atoms with van der Waals surface area (Å²) in [7, 11) is 2.19. The first kappa shape index (κ1) is 9.01. The molecule has 0 aromatic heterocycles. The Morgan fingerprint density at radius 3 is 2.82 bits per heavy atom. The van der Waals surface area contributed by atoms with Gasteiger partial charge in [0.1, 0.15) is 0 Å². The second-order valence-electron chi connectivity index (χ2n) is 3.68. The molecule has 0 aromatic carbocycles. The van der Waals surface area contributed by atoms with E-state index in [1.165, 1.54) is 19.5 Å². The first-order valence-corrected chi connectivity index (χ1v) is 4.66. The van der Waals surface area contributed by atoms with Gasteiger partial charge in [-0.1, -0.05) is 13.8 Å². The van der Waals surface area contributed by atoms with E-state index in [1.54, 1.807) is 0 Å².